The van der Waals surface area contributed by atoms with Crippen LogP contribution in [0.4, 0.5) is 0 Å². The first-order valence-electron chi connectivity index (χ1n) is 7.85. The first-order chi connectivity index (χ1) is 11.2. The van der Waals surface area contributed by atoms with Gasteiger partial charge in [-0.2, -0.15) is 0 Å². The van der Waals surface area contributed by atoms with E-state index in [1.807, 2.05) is 37.3 Å². The van der Waals surface area contributed by atoms with E-state index in [1.54, 1.807) is 0 Å². The minimum atomic E-state index is -0.0320. The summed E-state index contributed by atoms with van der Waals surface area (Å²) >= 11 is 1.45. The molecule has 1 saturated heterocycles. The van der Waals surface area contributed by atoms with Crippen LogP contribution < -0.4 is 5.32 Å². The van der Waals surface area contributed by atoms with E-state index in [-0.39, 0.29) is 5.91 Å². The molecule has 0 saturated carbocycles. The monoisotopic (exact) mass is 331 g/mol. The van der Waals surface area contributed by atoms with Gasteiger partial charge < -0.3 is 10.1 Å². The van der Waals surface area contributed by atoms with Gasteiger partial charge in [-0.25, -0.2) is 4.98 Å². The lowest BCUT2D eigenvalue weighted by molar-refractivity contribution is 0.0383. The number of amides is 1. The van der Waals surface area contributed by atoms with Gasteiger partial charge in [0, 0.05) is 31.7 Å². The number of nitrogens with zero attached hydrogens (tertiary/aromatic N) is 2. The van der Waals surface area contributed by atoms with Gasteiger partial charge in [-0.15, -0.1) is 11.3 Å². The molecule has 1 aromatic heterocycles. The number of carbonyl (C=O) groups excluding carboxylic acids is 1. The molecule has 1 aliphatic heterocycles. The molecule has 1 amide bonds. The number of thiazole rings is 1. The number of ether oxygens (including phenoxy) is 1. The normalized spacial score (nSPS) is 15.5. The molecule has 0 radical (unpaired) electrons. The van der Waals surface area contributed by atoms with Gasteiger partial charge in [0.25, 0.3) is 5.91 Å². The van der Waals surface area contributed by atoms with Crippen LogP contribution in [-0.2, 0) is 4.74 Å². The molecule has 3 rings (SSSR count). The molecule has 0 aliphatic carbocycles. The molecule has 0 spiro atoms. The van der Waals surface area contributed by atoms with Crippen molar-refractivity contribution >= 4 is 17.2 Å². The van der Waals surface area contributed by atoms with Crippen molar-refractivity contribution in [3.63, 3.8) is 0 Å². The summed E-state index contributed by atoms with van der Waals surface area (Å²) in [6.45, 7) is 6.83. The topological polar surface area (TPSA) is 54.5 Å². The third kappa shape index (κ3) is 4.16. The van der Waals surface area contributed by atoms with Gasteiger partial charge in [0.2, 0.25) is 0 Å². The van der Waals surface area contributed by atoms with Crippen LogP contribution in [-0.4, -0.2) is 55.2 Å². The summed E-state index contributed by atoms with van der Waals surface area (Å²) in [5, 5.41) is 3.89. The SMILES string of the molecule is Cc1nc(-c2ccccc2)sc1C(=O)NCCN1CCOCC1. The Bertz CT molecular complexity index is 651. The Kier molecular flexibility index (Phi) is 5.38. The van der Waals surface area contributed by atoms with Crippen molar-refractivity contribution < 1.29 is 9.53 Å². The largest absolute Gasteiger partial charge is 0.379 e. The van der Waals surface area contributed by atoms with Crippen LogP contribution in [0, 0.1) is 6.92 Å². The molecule has 1 N–H and O–H groups in total. The molecule has 5 nitrogen and oxygen atoms in total. The van der Waals surface area contributed by atoms with E-state index in [4.69, 9.17) is 4.74 Å². The van der Waals surface area contributed by atoms with Gasteiger partial charge in [-0.1, -0.05) is 30.3 Å². The highest BCUT2D eigenvalue weighted by Gasteiger charge is 2.16. The van der Waals surface area contributed by atoms with Crippen LogP contribution in [0.2, 0.25) is 0 Å². The quantitative estimate of drug-likeness (QED) is 0.912. The zero-order valence-electron chi connectivity index (χ0n) is 13.2. The predicted molar refractivity (Wildman–Crippen MR) is 91.9 cm³/mol. The Morgan fingerprint density at radius 1 is 1.30 bits per heavy atom. The van der Waals surface area contributed by atoms with Crippen LogP contribution in [0.25, 0.3) is 10.6 Å². The fourth-order valence-electron chi connectivity index (χ4n) is 2.54. The maximum absolute atomic E-state index is 12.4. The Balaban J connectivity index is 1.58. The Hall–Kier alpha value is -1.76. The highest BCUT2D eigenvalue weighted by Crippen LogP contribution is 2.27. The first kappa shape index (κ1) is 16.1. The number of rotatable bonds is 5. The van der Waals surface area contributed by atoms with Gasteiger partial charge in [0.1, 0.15) is 9.88 Å². The van der Waals surface area contributed by atoms with E-state index in [2.05, 4.69) is 15.2 Å². The van der Waals surface area contributed by atoms with Crippen molar-refractivity contribution in [1.29, 1.82) is 0 Å². The van der Waals surface area contributed by atoms with E-state index in [1.165, 1.54) is 11.3 Å². The van der Waals surface area contributed by atoms with Crippen molar-refractivity contribution in [1.82, 2.24) is 15.2 Å². The van der Waals surface area contributed by atoms with Gasteiger partial charge in [0.15, 0.2) is 0 Å². The number of aryl methyl sites for hydroxylation is 1. The summed E-state index contributed by atoms with van der Waals surface area (Å²) in [7, 11) is 0. The second-order valence-corrected chi connectivity index (χ2v) is 6.51. The average Bonchev–Trinajstić information content (AvgIpc) is 2.98. The summed E-state index contributed by atoms with van der Waals surface area (Å²) in [6, 6.07) is 9.96. The van der Waals surface area contributed by atoms with Gasteiger partial charge in [-0.05, 0) is 6.92 Å². The molecule has 0 unspecified atom stereocenters. The molecular weight excluding hydrogens is 310 g/mol. The number of benzene rings is 1. The molecule has 1 aromatic carbocycles. The molecule has 6 heteroatoms. The lowest BCUT2D eigenvalue weighted by Gasteiger charge is -2.26. The molecule has 1 fully saturated rings. The fourth-order valence-corrected chi connectivity index (χ4v) is 3.53. The third-order valence-electron chi connectivity index (χ3n) is 3.84. The van der Waals surface area contributed by atoms with E-state index < -0.39 is 0 Å². The Morgan fingerprint density at radius 2 is 2.04 bits per heavy atom. The highest BCUT2D eigenvalue weighted by molar-refractivity contribution is 7.17. The molecule has 0 bridgehead atoms. The highest BCUT2D eigenvalue weighted by atomic mass is 32.1. The van der Waals surface area contributed by atoms with Crippen LogP contribution in [0.1, 0.15) is 15.4 Å². The molecule has 23 heavy (non-hydrogen) atoms. The number of carbonyl (C=O) groups is 1. The maximum Gasteiger partial charge on any atom is 0.263 e. The molecule has 0 atom stereocenters. The summed E-state index contributed by atoms with van der Waals surface area (Å²) in [4.78, 5) is 19.9. The summed E-state index contributed by atoms with van der Waals surface area (Å²) in [5.74, 6) is -0.0320. The first-order valence-corrected chi connectivity index (χ1v) is 8.67. The number of hydrogen-bond acceptors (Lipinski definition) is 5. The fraction of sp³-hybridized carbons (Fsp3) is 0.412. The number of aromatic nitrogens is 1. The molecular formula is C17H21N3O2S. The van der Waals surface area contributed by atoms with E-state index in [0.29, 0.717) is 11.4 Å². The maximum atomic E-state index is 12.4. The van der Waals surface area contributed by atoms with Crippen molar-refractivity contribution in [2.75, 3.05) is 39.4 Å². The van der Waals surface area contributed by atoms with Crippen molar-refractivity contribution in [3.8, 4) is 10.6 Å². The number of nitrogens with one attached hydrogen (secondary N) is 1. The lowest BCUT2D eigenvalue weighted by atomic mass is 10.2. The minimum absolute atomic E-state index is 0.0320. The van der Waals surface area contributed by atoms with E-state index in [0.717, 1.165) is 49.1 Å². The summed E-state index contributed by atoms with van der Waals surface area (Å²) < 4.78 is 5.32. The standard InChI is InChI=1S/C17H21N3O2S/c1-13-15(23-17(19-13)14-5-3-2-4-6-14)16(21)18-7-8-20-9-11-22-12-10-20/h2-6H,7-12H2,1H3,(H,18,21). The number of hydrogen-bond donors (Lipinski definition) is 1. The summed E-state index contributed by atoms with van der Waals surface area (Å²) in [6.07, 6.45) is 0. The van der Waals surface area contributed by atoms with Gasteiger partial charge in [0.05, 0.1) is 18.9 Å². The molecule has 122 valence electrons. The van der Waals surface area contributed by atoms with Crippen molar-refractivity contribution in [2.45, 2.75) is 6.92 Å². The van der Waals surface area contributed by atoms with E-state index in [9.17, 15) is 4.79 Å². The lowest BCUT2D eigenvalue weighted by Crippen LogP contribution is -2.41. The Morgan fingerprint density at radius 3 is 2.78 bits per heavy atom. The zero-order valence-corrected chi connectivity index (χ0v) is 14.1. The number of morpholine rings is 1. The van der Waals surface area contributed by atoms with E-state index >= 15 is 0 Å². The van der Waals surface area contributed by atoms with Crippen molar-refractivity contribution in [2.24, 2.45) is 0 Å². The van der Waals surface area contributed by atoms with Crippen molar-refractivity contribution in [3.05, 3.63) is 40.9 Å². The molecule has 2 aromatic rings. The van der Waals surface area contributed by atoms with Crippen LogP contribution in [0.15, 0.2) is 30.3 Å². The molecule has 1 aliphatic rings. The second kappa shape index (κ2) is 7.68. The average molecular weight is 331 g/mol. The van der Waals surface area contributed by atoms with Crippen LogP contribution >= 0.6 is 11.3 Å². The Labute approximate surface area is 140 Å². The van der Waals surface area contributed by atoms with Crippen LogP contribution in [0.3, 0.4) is 0 Å². The minimum Gasteiger partial charge on any atom is -0.379 e. The molecule has 2 heterocycles. The predicted octanol–water partition coefficient (Wildman–Crippen LogP) is 2.18. The van der Waals surface area contributed by atoms with Crippen LogP contribution in [0.5, 0.6) is 0 Å². The smallest absolute Gasteiger partial charge is 0.263 e. The zero-order chi connectivity index (χ0) is 16.1. The second-order valence-electron chi connectivity index (χ2n) is 5.51. The third-order valence-corrected chi connectivity index (χ3v) is 5.05. The summed E-state index contributed by atoms with van der Waals surface area (Å²) in [5.41, 5.74) is 1.84. The van der Waals surface area contributed by atoms with Gasteiger partial charge in [-0.3, -0.25) is 9.69 Å². The van der Waals surface area contributed by atoms with Gasteiger partial charge >= 0.3 is 0 Å².